The van der Waals surface area contributed by atoms with Crippen molar-refractivity contribution >= 4 is 63.1 Å². The SMILES string of the molecule is C=CCNCCCn1cnc2c1ccc[n+]2CC1=C(C(=O)[O-])N2C(=O)C(NC(=O)/C(=N\OCC)c3nsc(N)n3)C2SC1. The Bertz CT molecular complexity index is 1620. The fourth-order valence-electron chi connectivity index (χ4n) is 4.82. The average Bonchev–Trinajstić information content (AvgIpc) is 3.62. The van der Waals surface area contributed by atoms with Gasteiger partial charge in [0.1, 0.15) is 30.1 Å². The van der Waals surface area contributed by atoms with Crippen LogP contribution < -0.4 is 26.0 Å². The van der Waals surface area contributed by atoms with E-state index >= 15 is 0 Å². The summed E-state index contributed by atoms with van der Waals surface area (Å²) in [6, 6.07) is 2.84. The minimum Gasteiger partial charge on any atom is -0.543 e. The Morgan fingerprint density at radius 2 is 2.26 bits per heavy atom. The number of anilines is 1. The minimum atomic E-state index is -1.47. The maximum atomic E-state index is 13.2. The third-order valence-electron chi connectivity index (χ3n) is 6.73. The van der Waals surface area contributed by atoms with Gasteiger partial charge in [0.25, 0.3) is 11.8 Å². The molecule has 226 valence electrons. The quantitative estimate of drug-likeness (QED) is 0.0484. The summed E-state index contributed by atoms with van der Waals surface area (Å²) in [6.45, 7) is 8.11. The van der Waals surface area contributed by atoms with Gasteiger partial charge in [-0.3, -0.25) is 14.5 Å². The number of β-lactam (4-membered cyclic amide) rings is 1. The standard InChI is InChI=1S/C26H30N10O5S2/c1-3-8-28-9-6-11-35-14-29-21-16(35)7-5-10-34(21)12-15-13-42-24-18(23(38)36(24)19(15)25(39)40)30-22(37)17(32-41-4-2)20-31-26(27)43-33-20/h3,5,7,10,14,18,24,28H,1,4,6,8-9,11-13H2,2H3,(H3-,27,30,31,33,37,39,40)/b32-17-. The Morgan fingerprint density at radius 1 is 1.42 bits per heavy atom. The van der Waals surface area contributed by atoms with E-state index in [0.717, 1.165) is 48.0 Å². The predicted molar refractivity (Wildman–Crippen MR) is 157 cm³/mol. The van der Waals surface area contributed by atoms with Crippen LogP contribution in [-0.4, -0.2) is 84.2 Å². The first-order valence-corrected chi connectivity index (χ1v) is 15.3. The van der Waals surface area contributed by atoms with E-state index in [0.29, 0.717) is 17.0 Å². The number of nitrogen functional groups attached to an aromatic ring is 1. The molecule has 15 nitrogen and oxygen atoms in total. The maximum Gasteiger partial charge on any atom is 0.349 e. The number of thioether (sulfide) groups is 1. The number of fused-ring (bicyclic) bond motifs is 2. The van der Waals surface area contributed by atoms with Gasteiger partial charge in [-0.2, -0.15) is 9.36 Å². The molecule has 0 aliphatic carbocycles. The molecule has 0 saturated carbocycles. The van der Waals surface area contributed by atoms with E-state index in [1.54, 1.807) is 13.3 Å². The third-order valence-corrected chi connectivity index (χ3v) is 8.62. The van der Waals surface area contributed by atoms with Crippen LogP contribution >= 0.6 is 23.3 Å². The number of nitrogens with one attached hydrogen (secondary N) is 2. The number of hydrogen-bond acceptors (Lipinski definition) is 13. The summed E-state index contributed by atoms with van der Waals surface area (Å²) in [4.78, 5) is 53.4. The third kappa shape index (κ3) is 6.23. The van der Waals surface area contributed by atoms with Gasteiger partial charge in [-0.05, 0) is 37.0 Å². The summed E-state index contributed by atoms with van der Waals surface area (Å²) < 4.78 is 7.90. The van der Waals surface area contributed by atoms with E-state index < -0.39 is 29.2 Å². The van der Waals surface area contributed by atoms with Crippen molar-refractivity contribution in [2.24, 2.45) is 5.16 Å². The zero-order chi connectivity index (χ0) is 30.5. The number of aryl methyl sites for hydroxylation is 1. The van der Waals surface area contributed by atoms with Crippen LogP contribution in [0.4, 0.5) is 5.13 Å². The van der Waals surface area contributed by atoms with Gasteiger partial charge in [-0.25, -0.2) is 4.57 Å². The van der Waals surface area contributed by atoms with E-state index in [4.69, 9.17) is 10.6 Å². The van der Waals surface area contributed by atoms with Crippen molar-refractivity contribution in [3.63, 3.8) is 0 Å². The smallest absolute Gasteiger partial charge is 0.349 e. The van der Waals surface area contributed by atoms with E-state index in [-0.39, 0.29) is 35.5 Å². The highest BCUT2D eigenvalue weighted by Gasteiger charge is 2.53. The number of carboxylic acid groups (broad SMARTS) is 1. The molecule has 2 amide bonds. The molecule has 2 aliphatic heterocycles. The topological polar surface area (TPSA) is 197 Å². The fourth-order valence-corrected chi connectivity index (χ4v) is 6.59. The van der Waals surface area contributed by atoms with Crippen LogP contribution in [0.25, 0.3) is 11.2 Å². The number of carboxylic acids is 1. The minimum absolute atomic E-state index is 0.0380. The first kappa shape index (κ1) is 30.1. The number of pyridine rings is 1. The highest BCUT2D eigenvalue weighted by molar-refractivity contribution is 8.00. The van der Waals surface area contributed by atoms with Gasteiger partial charge in [0, 0.05) is 35.9 Å². The van der Waals surface area contributed by atoms with E-state index in [9.17, 15) is 19.5 Å². The second-order valence-electron chi connectivity index (χ2n) is 9.54. The highest BCUT2D eigenvalue weighted by Crippen LogP contribution is 2.40. The average molecular weight is 627 g/mol. The second-order valence-corrected chi connectivity index (χ2v) is 11.4. The number of hydrogen-bond donors (Lipinski definition) is 3. The van der Waals surface area contributed by atoms with E-state index in [2.05, 4.69) is 36.7 Å². The van der Waals surface area contributed by atoms with Crippen molar-refractivity contribution in [1.29, 1.82) is 0 Å². The zero-order valence-electron chi connectivity index (χ0n) is 23.3. The summed E-state index contributed by atoms with van der Waals surface area (Å²) in [5.74, 6) is -2.54. The molecule has 5 rings (SSSR count). The molecule has 3 aromatic heterocycles. The molecule has 0 spiro atoms. The number of rotatable bonds is 14. The Hall–Kier alpha value is -4.35. The lowest BCUT2D eigenvalue weighted by Gasteiger charge is -2.50. The van der Waals surface area contributed by atoms with Crippen LogP contribution in [-0.2, 0) is 32.3 Å². The molecular weight excluding hydrogens is 596 g/mol. The number of amides is 2. The molecule has 0 aromatic carbocycles. The van der Waals surface area contributed by atoms with Gasteiger partial charge in [0.15, 0.2) is 5.13 Å². The molecular formula is C26H30N10O5S2. The molecule has 3 aromatic rings. The summed E-state index contributed by atoms with van der Waals surface area (Å²) in [5.41, 5.74) is 7.31. The number of aromatic nitrogens is 5. The van der Waals surface area contributed by atoms with Crippen molar-refractivity contribution < 1.29 is 28.9 Å². The Kier molecular flexibility index (Phi) is 9.32. The molecule has 5 heterocycles. The van der Waals surface area contributed by atoms with Crippen molar-refractivity contribution in [3.8, 4) is 0 Å². The number of nitrogens with two attached hydrogens (primary N) is 1. The lowest BCUT2D eigenvalue weighted by atomic mass is 10.0. The Labute approximate surface area is 254 Å². The van der Waals surface area contributed by atoms with Crippen LogP contribution in [0.2, 0.25) is 0 Å². The van der Waals surface area contributed by atoms with Crippen LogP contribution in [0.1, 0.15) is 19.2 Å². The van der Waals surface area contributed by atoms with Gasteiger partial charge in [0.2, 0.25) is 17.9 Å². The van der Waals surface area contributed by atoms with Gasteiger partial charge in [-0.1, -0.05) is 11.2 Å². The number of carbonyl (C=O) groups is 3. The number of nitrogens with zero attached hydrogens (tertiary/aromatic N) is 7. The number of imidazole rings is 1. The molecule has 0 radical (unpaired) electrons. The molecule has 4 N–H and O–H groups in total. The molecule has 17 heteroatoms. The summed E-state index contributed by atoms with van der Waals surface area (Å²) in [5, 5.41) is 21.5. The number of carbonyl (C=O) groups excluding carboxylic acids is 3. The fraction of sp³-hybridized carbons (Fsp3) is 0.385. The summed E-state index contributed by atoms with van der Waals surface area (Å²) in [7, 11) is 0. The lowest BCUT2D eigenvalue weighted by molar-refractivity contribution is -0.664. The molecule has 2 aliphatic rings. The lowest BCUT2D eigenvalue weighted by Crippen LogP contribution is -2.71. The normalized spacial score (nSPS) is 18.4. The maximum absolute atomic E-state index is 13.2. The van der Waals surface area contributed by atoms with Crippen LogP contribution in [0.5, 0.6) is 0 Å². The summed E-state index contributed by atoms with van der Waals surface area (Å²) in [6.07, 6.45) is 6.29. The highest BCUT2D eigenvalue weighted by atomic mass is 32.2. The van der Waals surface area contributed by atoms with Crippen molar-refractivity contribution in [3.05, 3.63) is 54.4 Å². The Balaban J connectivity index is 1.32. The van der Waals surface area contributed by atoms with Crippen LogP contribution in [0.15, 0.2) is 53.7 Å². The van der Waals surface area contributed by atoms with Crippen molar-refractivity contribution in [2.45, 2.75) is 37.8 Å². The van der Waals surface area contributed by atoms with Crippen molar-refractivity contribution in [1.82, 2.24) is 34.4 Å². The van der Waals surface area contributed by atoms with Gasteiger partial charge < -0.3 is 35.7 Å². The number of oxime groups is 1. The van der Waals surface area contributed by atoms with E-state index in [1.807, 2.05) is 33.5 Å². The first-order valence-electron chi connectivity index (χ1n) is 13.5. The molecule has 0 bridgehead atoms. The molecule has 1 fully saturated rings. The predicted octanol–water partition coefficient (Wildman–Crippen LogP) is -1.23. The second kappa shape index (κ2) is 13.3. The molecule has 43 heavy (non-hydrogen) atoms. The molecule has 1 saturated heterocycles. The Morgan fingerprint density at radius 3 is 2.98 bits per heavy atom. The van der Waals surface area contributed by atoms with E-state index in [1.165, 1.54) is 11.8 Å². The first-order chi connectivity index (χ1) is 20.8. The van der Waals surface area contributed by atoms with Crippen molar-refractivity contribution in [2.75, 3.05) is 31.2 Å². The van der Waals surface area contributed by atoms with Gasteiger partial charge in [-0.15, -0.1) is 18.3 Å². The van der Waals surface area contributed by atoms with Crippen LogP contribution in [0.3, 0.4) is 0 Å². The molecule has 2 unspecified atom stereocenters. The summed E-state index contributed by atoms with van der Waals surface area (Å²) >= 11 is 2.22. The largest absolute Gasteiger partial charge is 0.543 e. The monoisotopic (exact) mass is 626 g/mol. The zero-order valence-corrected chi connectivity index (χ0v) is 24.9. The van der Waals surface area contributed by atoms with Crippen LogP contribution in [0, 0.1) is 0 Å². The number of aliphatic carboxylic acids is 1. The molecule has 2 atom stereocenters. The van der Waals surface area contributed by atoms with Gasteiger partial charge >= 0.3 is 5.65 Å². The van der Waals surface area contributed by atoms with Gasteiger partial charge in [0.05, 0.1) is 17.9 Å².